The second-order valence-electron chi connectivity index (χ2n) is 8.51. The van der Waals surface area contributed by atoms with Crippen LogP contribution in [-0.4, -0.2) is 38.7 Å². The van der Waals surface area contributed by atoms with Crippen LogP contribution in [0.5, 0.6) is 0 Å². The fourth-order valence-electron chi connectivity index (χ4n) is 4.35. The summed E-state index contributed by atoms with van der Waals surface area (Å²) in [6.07, 6.45) is -2.55. The fourth-order valence-corrected chi connectivity index (χ4v) is 4.86. The van der Waals surface area contributed by atoms with E-state index in [1.165, 1.54) is 19.2 Å². The lowest BCUT2D eigenvalue weighted by atomic mass is 9.69. The van der Waals surface area contributed by atoms with E-state index in [-0.39, 0.29) is 12.5 Å². The van der Waals surface area contributed by atoms with Crippen molar-refractivity contribution in [1.82, 2.24) is 0 Å². The van der Waals surface area contributed by atoms with Gasteiger partial charge in [0.1, 0.15) is 5.82 Å². The number of carboxylic acid groups (broad SMARTS) is 1. The second-order valence-corrected chi connectivity index (χ2v) is 10.5. The van der Waals surface area contributed by atoms with Gasteiger partial charge in [-0.15, -0.1) is 0 Å². The number of carbonyl (C=O) groups is 2. The van der Waals surface area contributed by atoms with Crippen molar-refractivity contribution in [2.75, 3.05) is 22.9 Å². The van der Waals surface area contributed by atoms with Gasteiger partial charge in [0.15, 0.2) is 0 Å². The number of benzene rings is 2. The van der Waals surface area contributed by atoms with E-state index in [2.05, 4.69) is 5.32 Å². The molecule has 0 spiro atoms. The first kappa shape index (κ1) is 26.5. The quantitative estimate of drug-likeness (QED) is 0.552. The number of anilines is 2. The molecule has 3 atom stereocenters. The van der Waals surface area contributed by atoms with E-state index >= 15 is 0 Å². The molecule has 7 nitrogen and oxygen atoms in total. The number of carboxylic acids is 1. The lowest BCUT2D eigenvalue weighted by Crippen LogP contribution is -2.40. The van der Waals surface area contributed by atoms with Crippen LogP contribution in [0, 0.1) is 17.7 Å². The van der Waals surface area contributed by atoms with Crippen molar-refractivity contribution in [3.63, 3.8) is 0 Å². The van der Waals surface area contributed by atoms with Crippen LogP contribution in [0.3, 0.4) is 0 Å². The third kappa shape index (κ3) is 5.92. The number of amides is 1. The molecule has 1 aliphatic carbocycles. The first-order valence-corrected chi connectivity index (χ1v) is 12.5. The Kier molecular flexibility index (Phi) is 7.44. The molecule has 1 aliphatic rings. The summed E-state index contributed by atoms with van der Waals surface area (Å²) < 4.78 is 77.1. The van der Waals surface area contributed by atoms with E-state index < -0.39 is 62.9 Å². The molecule has 35 heavy (non-hydrogen) atoms. The summed E-state index contributed by atoms with van der Waals surface area (Å²) in [5, 5.41) is 12.2. The van der Waals surface area contributed by atoms with Crippen molar-refractivity contribution in [1.29, 1.82) is 0 Å². The Morgan fingerprint density at radius 2 is 1.71 bits per heavy atom. The first-order valence-electron chi connectivity index (χ1n) is 10.6. The number of hydrogen-bond acceptors (Lipinski definition) is 4. The Morgan fingerprint density at radius 1 is 1.09 bits per heavy atom. The van der Waals surface area contributed by atoms with Gasteiger partial charge in [-0.3, -0.25) is 13.9 Å². The monoisotopic (exact) mass is 516 g/mol. The summed E-state index contributed by atoms with van der Waals surface area (Å²) in [5.74, 6) is -6.11. The van der Waals surface area contributed by atoms with Gasteiger partial charge in [-0.2, -0.15) is 13.2 Å². The first-order chi connectivity index (χ1) is 16.2. The molecule has 3 rings (SSSR count). The molecule has 1 amide bonds. The normalized spacial score (nSPS) is 20.8. The molecule has 0 aliphatic heterocycles. The largest absolute Gasteiger partial charge is 0.481 e. The standard InChI is InChI=1S/C23H24F4N2O5S/c1-29(35(2,33)34)15-9-6-13(7-10-15)16-4-3-5-17(20(16)22(31)32)21(30)28-19-11-8-14(12-18(19)24)23(25,26)27/h6-12,16-17,20H,3-5H2,1-2H3,(H,28,30)(H,31,32)/t16-,17-,20-/m1/s1. The number of nitrogens with one attached hydrogen (secondary N) is 1. The van der Waals surface area contributed by atoms with E-state index in [0.29, 0.717) is 30.2 Å². The molecule has 190 valence electrons. The average molecular weight is 517 g/mol. The van der Waals surface area contributed by atoms with Gasteiger partial charge < -0.3 is 10.4 Å². The highest BCUT2D eigenvalue weighted by atomic mass is 32.2. The highest BCUT2D eigenvalue weighted by Gasteiger charge is 2.43. The Labute approximate surface area is 199 Å². The van der Waals surface area contributed by atoms with Crippen LogP contribution < -0.4 is 9.62 Å². The van der Waals surface area contributed by atoms with Crippen LogP contribution >= 0.6 is 0 Å². The van der Waals surface area contributed by atoms with E-state index in [1.54, 1.807) is 12.1 Å². The lowest BCUT2D eigenvalue weighted by molar-refractivity contribution is -0.148. The molecular formula is C23H24F4N2O5S. The zero-order valence-corrected chi connectivity index (χ0v) is 19.7. The Morgan fingerprint density at radius 3 is 2.23 bits per heavy atom. The van der Waals surface area contributed by atoms with Crippen LogP contribution in [0.25, 0.3) is 0 Å². The molecule has 0 bridgehead atoms. The van der Waals surface area contributed by atoms with E-state index in [4.69, 9.17) is 0 Å². The Hall–Kier alpha value is -3.15. The highest BCUT2D eigenvalue weighted by Crippen LogP contribution is 2.43. The van der Waals surface area contributed by atoms with Crippen LogP contribution in [0.2, 0.25) is 0 Å². The van der Waals surface area contributed by atoms with Crippen molar-refractivity contribution >= 4 is 33.3 Å². The number of nitrogens with zero attached hydrogens (tertiary/aromatic N) is 1. The predicted octanol–water partition coefficient (Wildman–Crippen LogP) is 4.46. The Bertz CT molecular complexity index is 1220. The van der Waals surface area contributed by atoms with Crippen LogP contribution in [0.15, 0.2) is 42.5 Å². The van der Waals surface area contributed by atoms with Gasteiger partial charge in [0, 0.05) is 7.05 Å². The Balaban J connectivity index is 1.84. The fraction of sp³-hybridized carbons (Fsp3) is 0.391. The third-order valence-corrected chi connectivity index (χ3v) is 7.46. The van der Waals surface area contributed by atoms with Gasteiger partial charge in [0.05, 0.1) is 35.0 Å². The van der Waals surface area contributed by atoms with Crippen molar-refractivity contribution < 1.29 is 40.7 Å². The number of carbonyl (C=O) groups excluding carboxylic acids is 1. The summed E-state index contributed by atoms with van der Waals surface area (Å²) in [7, 11) is -2.11. The summed E-state index contributed by atoms with van der Waals surface area (Å²) in [5.41, 5.74) is -0.700. The molecule has 1 saturated carbocycles. The van der Waals surface area contributed by atoms with Gasteiger partial charge in [0.2, 0.25) is 15.9 Å². The van der Waals surface area contributed by atoms with E-state index in [9.17, 15) is 40.7 Å². The maximum absolute atomic E-state index is 14.2. The van der Waals surface area contributed by atoms with Crippen molar-refractivity contribution in [3.8, 4) is 0 Å². The molecule has 2 N–H and O–H groups in total. The minimum absolute atomic E-state index is 0.205. The number of aliphatic carboxylic acids is 1. The topological polar surface area (TPSA) is 104 Å². The van der Waals surface area contributed by atoms with Crippen molar-refractivity contribution in [2.24, 2.45) is 11.8 Å². The van der Waals surface area contributed by atoms with Gasteiger partial charge in [-0.05, 0) is 54.7 Å². The second kappa shape index (κ2) is 9.84. The molecule has 12 heteroatoms. The summed E-state index contributed by atoms with van der Waals surface area (Å²) in [6.45, 7) is 0. The van der Waals surface area contributed by atoms with Gasteiger partial charge >= 0.3 is 12.1 Å². The molecule has 1 fully saturated rings. The van der Waals surface area contributed by atoms with Gasteiger partial charge in [0.25, 0.3) is 0 Å². The zero-order valence-electron chi connectivity index (χ0n) is 18.8. The number of hydrogen-bond donors (Lipinski definition) is 2. The smallest absolute Gasteiger partial charge is 0.416 e. The molecule has 0 unspecified atom stereocenters. The molecule has 2 aromatic rings. The van der Waals surface area contributed by atoms with Crippen LogP contribution in [-0.2, 0) is 25.8 Å². The van der Waals surface area contributed by atoms with Crippen LogP contribution in [0.1, 0.15) is 36.3 Å². The maximum Gasteiger partial charge on any atom is 0.416 e. The summed E-state index contributed by atoms with van der Waals surface area (Å²) in [4.78, 5) is 25.1. The van der Waals surface area contributed by atoms with Gasteiger partial charge in [-0.25, -0.2) is 12.8 Å². The maximum atomic E-state index is 14.2. The van der Waals surface area contributed by atoms with Crippen molar-refractivity contribution in [2.45, 2.75) is 31.4 Å². The molecule has 2 aromatic carbocycles. The van der Waals surface area contributed by atoms with Gasteiger partial charge in [-0.1, -0.05) is 18.6 Å². The lowest BCUT2D eigenvalue weighted by Gasteiger charge is -2.35. The number of rotatable bonds is 6. The molecule has 0 radical (unpaired) electrons. The molecule has 0 saturated heterocycles. The molecule has 0 aromatic heterocycles. The van der Waals surface area contributed by atoms with Crippen LogP contribution in [0.4, 0.5) is 28.9 Å². The minimum Gasteiger partial charge on any atom is -0.481 e. The number of halogens is 4. The predicted molar refractivity (Wildman–Crippen MR) is 121 cm³/mol. The average Bonchev–Trinajstić information content (AvgIpc) is 2.78. The SMILES string of the molecule is CN(c1ccc([C@H]2CCC[C@@H](C(=O)Nc3ccc(C(F)(F)F)cc3F)[C@@H]2C(=O)O)cc1)S(C)(=O)=O. The minimum atomic E-state index is -4.75. The molecular weight excluding hydrogens is 492 g/mol. The molecule has 0 heterocycles. The number of sulfonamides is 1. The summed E-state index contributed by atoms with van der Waals surface area (Å²) >= 11 is 0. The zero-order chi connectivity index (χ0) is 26.1. The third-order valence-electron chi connectivity index (χ3n) is 6.26. The highest BCUT2D eigenvalue weighted by molar-refractivity contribution is 7.92. The summed E-state index contributed by atoms with van der Waals surface area (Å²) in [6, 6.07) is 7.98. The number of alkyl halides is 3. The van der Waals surface area contributed by atoms with Crippen molar-refractivity contribution in [3.05, 3.63) is 59.4 Å². The van der Waals surface area contributed by atoms with E-state index in [0.717, 1.165) is 16.6 Å². The van der Waals surface area contributed by atoms with E-state index in [1.807, 2.05) is 0 Å².